The number of hydrogen-bond donors (Lipinski definition) is 1. The molecule has 0 unspecified atom stereocenters. The molecular weight excluding hydrogens is 266 g/mol. The molecule has 0 saturated carbocycles. The SMILES string of the molecule is O=C(O)c1c(Cl)cc2cnnn2c1-c1ccccc1. The Hall–Kier alpha value is -2.40. The smallest absolute Gasteiger partial charge is 0.339 e. The van der Waals surface area contributed by atoms with E-state index < -0.39 is 5.97 Å². The van der Waals surface area contributed by atoms with Gasteiger partial charge in [0, 0.05) is 5.56 Å². The fraction of sp³-hybridized carbons (Fsp3) is 0. The van der Waals surface area contributed by atoms with Crippen molar-refractivity contribution in [3.63, 3.8) is 0 Å². The van der Waals surface area contributed by atoms with Gasteiger partial charge in [-0.2, -0.15) is 0 Å². The van der Waals surface area contributed by atoms with E-state index in [4.69, 9.17) is 11.6 Å². The van der Waals surface area contributed by atoms with E-state index >= 15 is 0 Å². The molecule has 1 N–H and O–H groups in total. The van der Waals surface area contributed by atoms with Crippen molar-refractivity contribution >= 4 is 23.1 Å². The van der Waals surface area contributed by atoms with Crippen LogP contribution in [0.25, 0.3) is 16.8 Å². The van der Waals surface area contributed by atoms with Crippen LogP contribution in [0, 0.1) is 0 Å². The summed E-state index contributed by atoms with van der Waals surface area (Å²) in [5.74, 6) is -1.10. The van der Waals surface area contributed by atoms with Gasteiger partial charge >= 0.3 is 5.97 Å². The first-order valence-electron chi connectivity index (χ1n) is 5.50. The van der Waals surface area contributed by atoms with Crippen molar-refractivity contribution < 1.29 is 9.90 Å². The third kappa shape index (κ3) is 1.84. The summed E-state index contributed by atoms with van der Waals surface area (Å²) in [4.78, 5) is 11.4. The molecule has 0 bridgehead atoms. The van der Waals surface area contributed by atoms with E-state index in [9.17, 15) is 9.90 Å². The molecular formula is C13H8ClN3O2. The second-order valence-electron chi connectivity index (χ2n) is 3.96. The molecule has 5 nitrogen and oxygen atoms in total. The lowest BCUT2D eigenvalue weighted by Gasteiger charge is -2.10. The first-order valence-corrected chi connectivity index (χ1v) is 5.88. The van der Waals surface area contributed by atoms with Crippen LogP contribution >= 0.6 is 11.6 Å². The average molecular weight is 274 g/mol. The quantitative estimate of drug-likeness (QED) is 0.779. The van der Waals surface area contributed by atoms with Gasteiger partial charge in [0.2, 0.25) is 0 Å². The molecule has 0 atom stereocenters. The second kappa shape index (κ2) is 4.37. The van der Waals surface area contributed by atoms with Crippen molar-refractivity contribution in [2.24, 2.45) is 0 Å². The zero-order valence-corrected chi connectivity index (χ0v) is 10.4. The van der Waals surface area contributed by atoms with Crippen LogP contribution in [-0.2, 0) is 0 Å². The van der Waals surface area contributed by atoms with Gasteiger partial charge in [-0.15, -0.1) is 5.10 Å². The predicted molar refractivity (Wildman–Crippen MR) is 70.4 cm³/mol. The first kappa shape index (κ1) is 11.7. The maximum Gasteiger partial charge on any atom is 0.339 e. The van der Waals surface area contributed by atoms with Gasteiger partial charge in [0.25, 0.3) is 0 Å². The highest BCUT2D eigenvalue weighted by atomic mass is 35.5. The number of fused-ring (bicyclic) bond motifs is 1. The molecule has 94 valence electrons. The van der Waals surface area contributed by atoms with Crippen LogP contribution in [-0.4, -0.2) is 25.9 Å². The van der Waals surface area contributed by atoms with Crippen LogP contribution in [0.15, 0.2) is 42.6 Å². The Morgan fingerprint density at radius 1 is 1.26 bits per heavy atom. The Morgan fingerprint density at radius 2 is 2.00 bits per heavy atom. The van der Waals surface area contributed by atoms with Crippen molar-refractivity contribution in [3.05, 3.63) is 53.2 Å². The van der Waals surface area contributed by atoms with E-state index in [-0.39, 0.29) is 10.6 Å². The van der Waals surface area contributed by atoms with Gasteiger partial charge in [-0.25, -0.2) is 9.31 Å². The molecule has 0 spiro atoms. The first-order chi connectivity index (χ1) is 9.18. The Balaban J connectivity index is 2.46. The third-order valence-corrected chi connectivity index (χ3v) is 3.10. The molecule has 0 amide bonds. The summed E-state index contributed by atoms with van der Waals surface area (Å²) in [6.45, 7) is 0. The van der Waals surface area contributed by atoms with E-state index in [0.717, 1.165) is 5.56 Å². The Bertz CT molecular complexity index is 768. The number of aromatic nitrogens is 3. The van der Waals surface area contributed by atoms with Gasteiger partial charge in [0.05, 0.1) is 22.4 Å². The number of aromatic carboxylic acids is 1. The minimum Gasteiger partial charge on any atom is -0.478 e. The monoisotopic (exact) mass is 273 g/mol. The van der Waals surface area contributed by atoms with Crippen LogP contribution in [0.4, 0.5) is 0 Å². The number of halogens is 1. The molecule has 0 aliphatic rings. The number of pyridine rings is 1. The molecule has 0 aliphatic heterocycles. The van der Waals surface area contributed by atoms with Crippen LogP contribution in [0.2, 0.25) is 5.02 Å². The number of carbonyl (C=O) groups is 1. The van der Waals surface area contributed by atoms with Crippen molar-refractivity contribution in [2.75, 3.05) is 0 Å². The number of rotatable bonds is 2. The van der Waals surface area contributed by atoms with Crippen LogP contribution in [0.3, 0.4) is 0 Å². The predicted octanol–water partition coefficient (Wildman–Crippen LogP) is 2.75. The number of carboxylic acids is 1. The van der Waals surface area contributed by atoms with Crippen LogP contribution < -0.4 is 0 Å². The Morgan fingerprint density at radius 3 is 2.68 bits per heavy atom. The van der Waals surface area contributed by atoms with Crippen molar-refractivity contribution in [2.45, 2.75) is 0 Å². The van der Waals surface area contributed by atoms with Gasteiger partial charge in [-0.05, 0) is 6.07 Å². The molecule has 2 heterocycles. The van der Waals surface area contributed by atoms with Gasteiger partial charge in [0.15, 0.2) is 0 Å². The summed E-state index contributed by atoms with van der Waals surface area (Å²) in [6, 6.07) is 10.7. The molecule has 19 heavy (non-hydrogen) atoms. The largest absolute Gasteiger partial charge is 0.478 e. The topological polar surface area (TPSA) is 67.5 Å². The lowest BCUT2D eigenvalue weighted by molar-refractivity contribution is 0.0697. The Kier molecular flexibility index (Phi) is 2.68. The van der Waals surface area contributed by atoms with Crippen molar-refractivity contribution in [1.82, 2.24) is 14.8 Å². The van der Waals surface area contributed by atoms with Gasteiger partial charge < -0.3 is 5.11 Å². The summed E-state index contributed by atoms with van der Waals surface area (Å²) >= 11 is 6.06. The maximum absolute atomic E-state index is 11.4. The zero-order valence-electron chi connectivity index (χ0n) is 9.62. The third-order valence-electron chi connectivity index (χ3n) is 2.80. The highest BCUT2D eigenvalue weighted by Gasteiger charge is 2.20. The summed E-state index contributed by atoms with van der Waals surface area (Å²) in [6.07, 6.45) is 1.53. The van der Waals surface area contributed by atoms with E-state index in [0.29, 0.717) is 11.2 Å². The highest BCUT2D eigenvalue weighted by Crippen LogP contribution is 2.30. The minimum atomic E-state index is -1.10. The number of benzene rings is 1. The van der Waals surface area contributed by atoms with Crippen LogP contribution in [0.5, 0.6) is 0 Å². The molecule has 2 aromatic heterocycles. The molecule has 0 saturated heterocycles. The second-order valence-corrected chi connectivity index (χ2v) is 4.36. The summed E-state index contributed by atoms with van der Waals surface area (Å²) in [5, 5.41) is 17.2. The van der Waals surface area contributed by atoms with Crippen molar-refractivity contribution in [1.29, 1.82) is 0 Å². The number of carboxylic acid groups (broad SMARTS) is 1. The lowest BCUT2D eigenvalue weighted by atomic mass is 10.1. The number of hydrogen-bond acceptors (Lipinski definition) is 3. The zero-order chi connectivity index (χ0) is 13.4. The summed E-state index contributed by atoms with van der Waals surface area (Å²) in [5.41, 5.74) is 1.81. The Labute approximate surface area is 113 Å². The molecule has 1 aromatic carbocycles. The lowest BCUT2D eigenvalue weighted by Crippen LogP contribution is -2.07. The van der Waals surface area contributed by atoms with Crippen molar-refractivity contribution in [3.8, 4) is 11.3 Å². The standard InChI is InChI=1S/C13H8ClN3O2/c14-10-6-9-7-15-16-17(9)12(11(10)13(18)19)8-4-2-1-3-5-8/h1-7H,(H,18,19). The van der Waals surface area contributed by atoms with Gasteiger partial charge in [-0.1, -0.05) is 47.1 Å². The maximum atomic E-state index is 11.4. The average Bonchev–Trinajstić information content (AvgIpc) is 2.85. The fourth-order valence-corrected chi connectivity index (χ4v) is 2.28. The molecule has 0 aliphatic carbocycles. The fourth-order valence-electron chi connectivity index (χ4n) is 2.00. The van der Waals surface area contributed by atoms with E-state index in [2.05, 4.69) is 10.3 Å². The number of nitrogens with zero attached hydrogens (tertiary/aromatic N) is 3. The molecule has 0 fully saturated rings. The summed E-state index contributed by atoms with van der Waals surface area (Å²) in [7, 11) is 0. The molecule has 0 radical (unpaired) electrons. The van der Waals surface area contributed by atoms with E-state index in [1.54, 1.807) is 12.1 Å². The van der Waals surface area contributed by atoms with Crippen LogP contribution in [0.1, 0.15) is 10.4 Å². The highest BCUT2D eigenvalue weighted by molar-refractivity contribution is 6.34. The molecule has 3 rings (SSSR count). The normalized spacial score (nSPS) is 10.8. The van der Waals surface area contributed by atoms with E-state index in [1.807, 2.05) is 18.2 Å². The molecule has 3 aromatic rings. The minimum absolute atomic E-state index is 0.0193. The summed E-state index contributed by atoms with van der Waals surface area (Å²) < 4.78 is 1.48. The van der Waals surface area contributed by atoms with Gasteiger partial charge in [-0.3, -0.25) is 0 Å². The van der Waals surface area contributed by atoms with E-state index in [1.165, 1.54) is 16.8 Å². The van der Waals surface area contributed by atoms with Gasteiger partial charge in [0.1, 0.15) is 5.56 Å². The molecule has 6 heteroatoms.